The van der Waals surface area contributed by atoms with Crippen molar-refractivity contribution in [1.29, 1.82) is 0 Å². The van der Waals surface area contributed by atoms with Gasteiger partial charge in [-0.05, 0) is 12.1 Å². The van der Waals surface area contributed by atoms with E-state index in [0.29, 0.717) is 24.7 Å². The van der Waals surface area contributed by atoms with E-state index in [1.165, 1.54) is 6.07 Å². The van der Waals surface area contributed by atoms with Gasteiger partial charge in [0.25, 0.3) is 0 Å². The molecule has 0 radical (unpaired) electrons. The number of aromatic carboxylic acids is 1. The molecule has 1 aliphatic heterocycles. The Labute approximate surface area is 108 Å². The molecule has 0 unspecified atom stereocenters. The molecule has 1 aromatic heterocycles. The Morgan fingerprint density at radius 1 is 1.37 bits per heavy atom. The summed E-state index contributed by atoms with van der Waals surface area (Å²) < 4.78 is 15.7. The summed E-state index contributed by atoms with van der Waals surface area (Å²) in [6, 6.07) is 8.61. The molecule has 0 spiro atoms. The molecule has 1 saturated heterocycles. The van der Waals surface area contributed by atoms with Crippen molar-refractivity contribution in [2.45, 2.75) is 6.10 Å². The lowest BCUT2D eigenvalue weighted by molar-refractivity contribution is -0.0796. The van der Waals surface area contributed by atoms with E-state index in [1.54, 1.807) is 12.1 Å². The van der Waals surface area contributed by atoms with Crippen LogP contribution in [0.4, 0.5) is 0 Å². The zero-order valence-corrected chi connectivity index (χ0v) is 9.91. The monoisotopic (exact) mass is 261 g/mol. The summed E-state index contributed by atoms with van der Waals surface area (Å²) >= 11 is 0. The first-order valence-electron chi connectivity index (χ1n) is 5.77. The van der Waals surface area contributed by atoms with Crippen LogP contribution in [-0.4, -0.2) is 35.6 Å². The van der Waals surface area contributed by atoms with Crippen LogP contribution in [0.25, 0.3) is 11.3 Å². The van der Waals surface area contributed by atoms with Crippen LogP contribution in [0.3, 0.4) is 0 Å². The Balaban J connectivity index is 1.82. The Bertz CT molecular complexity index is 603. The summed E-state index contributed by atoms with van der Waals surface area (Å²) in [6.07, 6.45) is 0.0829. The van der Waals surface area contributed by atoms with E-state index in [2.05, 4.69) is 5.16 Å². The molecule has 6 heteroatoms. The third-order valence-corrected chi connectivity index (χ3v) is 2.76. The molecule has 2 heterocycles. The highest BCUT2D eigenvalue weighted by atomic mass is 16.6. The minimum atomic E-state index is -1.12. The summed E-state index contributed by atoms with van der Waals surface area (Å²) in [6.45, 7) is 1.19. The molecule has 19 heavy (non-hydrogen) atoms. The number of carboxylic acids is 1. The number of aromatic nitrogens is 1. The van der Waals surface area contributed by atoms with Gasteiger partial charge in [-0.25, -0.2) is 4.79 Å². The zero-order chi connectivity index (χ0) is 13.2. The molecule has 1 fully saturated rings. The number of hydrogen-bond acceptors (Lipinski definition) is 5. The molecule has 0 aliphatic carbocycles. The second-order valence-corrected chi connectivity index (χ2v) is 4.19. The summed E-state index contributed by atoms with van der Waals surface area (Å²) in [5, 5.41) is 12.3. The van der Waals surface area contributed by atoms with Crippen LogP contribution in [0, 0.1) is 0 Å². The lowest BCUT2D eigenvalue weighted by Gasteiger charge is -2.26. The molecule has 0 bridgehead atoms. The van der Waals surface area contributed by atoms with E-state index in [-0.39, 0.29) is 11.8 Å². The number of nitrogens with zero attached hydrogens (tertiary/aromatic N) is 1. The van der Waals surface area contributed by atoms with Gasteiger partial charge in [-0.3, -0.25) is 0 Å². The van der Waals surface area contributed by atoms with Gasteiger partial charge >= 0.3 is 5.97 Å². The van der Waals surface area contributed by atoms with Crippen LogP contribution in [0.15, 0.2) is 34.9 Å². The molecule has 0 amide bonds. The first-order valence-corrected chi connectivity index (χ1v) is 5.77. The van der Waals surface area contributed by atoms with E-state index >= 15 is 0 Å². The van der Waals surface area contributed by atoms with Crippen LogP contribution >= 0.6 is 0 Å². The average molecular weight is 261 g/mol. The van der Waals surface area contributed by atoms with Crippen molar-refractivity contribution in [2.75, 3.05) is 13.2 Å². The van der Waals surface area contributed by atoms with Gasteiger partial charge in [-0.2, -0.15) is 0 Å². The van der Waals surface area contributed by atoms with Gasteiger partial charge in [0.2, 0.25) is 0 Å². The Morgan fingerprint density at radius 2 is 2.21 bits per heavy atom. The number of carboxylic acid groups (broad SMARTS) is 1. The summed E-state index contributed by atoms with van der Waals surface area (Å²) in [5.41, 5.74) is 0.603. The quantitative estimate of drug-likeness (QED) is 0.904. The lowest BCUT2D eigenvalue weighted by Crippen LogP contribution is -2.38. The highest BCUT2D eigenvalue weighted by molar-refractivity contribution is 5.86. The number of hydrogen-bond donors (Lipinski definition) is 1. The molecular weight excluding hydrogens is 250 g/mol. The minimum absolute atomic E-state index is 0.0829. The SMILES string of the molecule is O=C(O)c1cc(-c2cccc(OC3COC3)c2)on1. The Kier molecular flexibility index (Phi) is 2.92. The van der Waals surface area contributed by atoms with Gasteiger partial charge in [-0.1, -0.05) is 17.3 Å². The van der Waals surface area contributed by atoms with Gasteiger partial charge in [-0.15, -0.1) is 0 Å². The topological polar surface area (TPSA) is 81.8 Å². The van der Waals surface area contributed by atoms with E-state index in [4.69, 9.17) is 19.1 Å². The molecule has 0 atom stereocenters. The van der Waals surface area contributed by atoms with Crippen molar-refractivity contribution in [3.05, 3.63) is 36.0 Å². The third kappa shape index (κ3) is 2.43. The molecule has 0 saturated carbocycles. The number of ether oxygens (including phenoxy) is 2. The minimum Gasteiger partial charge on any atom is -0.486 e. The van der Waals surface area contributed by atoms with Crippen molar-refractivity contribution in [2.24, 2.45) is 0 Å². The summed E-state index contributed by atoms with van der Waals surface area (Å²) in [5.74, 6) is -0.0270. The maximum Gasteiger partial charge on any atom is 0.358 e. The van der Waals surface area contributed by atoms with Gasteiger partial charge in [0.05, 0.1) is 13.2 Å². The smallest absolute Gasteiger partial charge is 0.358 e. The molecule has 3 rings (SSSR count). The number of rotatable bonds is 4. The predicted octanol–water partition coefficient (Wildman–Crippen LogP) is 1.82. The van der Waals surface area contributed by atoms with E-state index < -0.39 is 5.97 Å². The first kappa shape index (κ1) is 11.7. The predicted molar refractivity (Wildman–Crippen MR) is 64.1 cm³/mol. The fourth-order valence-electron chi connectivity index (χ4n) is 1.71. The maximum absolute atomic E-state index is 10.7. The van der Waals surface area contributed by atoms with Crippen molar-refractivity contribution in [3.63, 3.8) is 0 Å². The number of carbonyl (C=O) groups is 1. The molecule has 6 nitrogen and oxygen atoms in total. The maximum atomic E-state index is 10.7. The highest BCUT2D eigenvalue weighted by Gasteiger charge is 2.20. The number of benzene rings is 1. The van der Waals surface area contributed by atoms with Crippen LogP contribution < -0.4 is 4.74 Å². The second-order valence-electron chi connectivity index (χ2n) is 4.19. The molecule has 1 N–H and O–H groups in total. The molecule has 98 valence electrons. The largest absolute Gasteiger partial charge is 0.486 e. The van der Waals surface area contributed by atoms with Crippen LogP contribution in [0.1, 0.15) is 10.5 Å². The highest BCUT2D eigenvalue weighted by Crippen LogP contribution is 2.25. The van der Waals surface area contributed by atoms with Crippen molar-refractivity contribution in [1.82, 2.24) is 5.16 Å². The normalized spacial score (nSPS) is 14.9. The van der Waals surface area contributed by atoms with Crippen LogP contribution in [0.5, 0.6) is 5.75 Å². The van der Waals surface area contributed by atoms with Gasteiger partial charge in [0.15, 0.2) is 11.5 Å². The standard InChI is InChI=1S/C13H11NO5/c15-13(16)11-5-12(19-14-11)8-2-1-3-9(4-8)18-10-6-17-7-10/h1-5,10H,6-7H2,(H,15,16). The molecule has 1 aromatic carbocycles. The molecular formula is C13H11NO5. The Morgan fingerprint density at radius 3 is 2.84 bits per heavy atom. The van der Waals surface area contributed by atoms with Crippen molar-refractivity contribution in [3.8, 4) is 17.1 Å². The molecule has 1 aliphatic rings. The summed E-state index contributed by atoms with van der Waals surface area (Å²) in [4.78, 5) is 10.7. The van der Waals surface area contributed by atoms with E-state index in [1.807, 2.05) is 12.1 Å². The van der Waals surface area contributed by atoms with Crippen LogP contribution in [0.2, 0.25) is 0 Å². The fraction of sp³-hybridized carbons (Fsp3) is 0.231. The lowest BCUT2D eigenvalue weighted by atomic mass is 10.1. The van der Waals surface area contributed by atoms with Crippen molar-refractivity contribution >= 4 is 5.97 Å². The van der Waals surface area contributed by atoms with E-state index in [0.717, 1.165) is 5.56 Å². The van der Waals surface area contributed by atoms with Gasteiger partial charge in [0.1, 0.15) is 11.9 Å². The average Bonchev–Trinajstić information content (AvgIpc) is 2.84. The first-order chi connectivity index (χ1) is 9.22. The fourth-order valence-corrected chi connectivity index (χ4v) is 1.71. The molecule has 2 aromatic rings. The Hall–Kier alpha value is -2.34. The zero-order valence-electron chi connectivity index (χ0n) is 9.91. The summed E-state index contributed by atoms with van der Waals surface area (Å²) in [7, 11) is 0. The second kappa shape index (κ2) is 4.74. The van der Waals surface area contributed by atoms with E-state index in [9.17, 15) is 4.79 Å². The van der Waals surface area contributed by atoms with Gasteiger partial charge in [0, 0.05) is 11.6 Å². The third-order valence-electron chi connectivity index (χ3n) is 2.76. The van der Waals surface area contributed by atoms with Crippen LogP contribution in [-0.2, 0) is 4.74 Å². The van der Waals surface area contributed by atoms with Crippen molar-refractivity contribution < 1.29 is 23.9 Å². The van der Waals surface area contributed by atoms with Gasteiger partial charge < -0.3 is 19.1 Å².